The summed E-state index contributed by atoms with van der Waals surface area (Å²) in [7, 11) is 0. The van der Waals surface area contributed by atoms with Gasteiger partial charge in [-0.1, -0.05) is 6.92 Å². The maximum atomic E-state index is 12.4. The van der Waals surface area contributed by atoms with E-state index < -0.39 is 0 Å². The minimum absolute atomic E-state index is 0.0319. The summed E-state index contributed by atoms with van der Waals surface area (Å²) in [6.07, 6.45) is 4.03. The average Bonchev–Trinajstić information content (AvgIpc) is 2.91. The van der Waals surface area contributed by atoms with E-state index in [0.29, 0.717) is 24.6 Å². The second-order valence-electron chi connectivity index (χ2n) is 5.14. The van der Waals surface area contributed by atoms with Crippen LogP contribution in [0.15, 0.2) is 5.10 Å². The van der Waals surface area contributed by atoms with Gasteiger partial charge in [0.05, 0.1) is 0 Å². The highest BCUT2D eigenvalue weighted by Gasteiger charge is 2.26. The molecule has 6 heteroatoms. The van der Waals surface area contributed by atoms with Gasteiger partial charge in [-0.15, -0.1) is 0 Å². The third-order valence-corrected chi connectivity index (χ3v) is 3.54. The summed E-state index contributed by atoms with van der Waals surface area (Å²) >= 11 is 0. The summed E-state index contributed by atoms with van der Waals surface area (Å²) in [5.41, 5.74) is 2.87. The van der Waals surface area contributed by atoms with Crippen LogP contribution in [0, 0.1) is 0 Å². The number of rotatable bonds is 5. The van der Waals surface area contributed by atoms with Crippen molar-refractivity contribution in [2.45, 2.75) is 45.1 Å². The maximum absolute atomic E-state index is 12.4. The van der Waals surface area contributed by atoms with E-state index in [0.717, 1.165) is 32.5 Å². The number of nitrogens with zero attached hydrogens (tertiary/aromatic N) is 2. The van der Waals surface area contributed by atoms with Crippen molar-refractivity contribution in [3.8, 4) is 0 Å². The lowest BCUT2D eigenvalue weighted by atomic mass is 10.1. The second kappa shape index (κ2) is 6.65. The van der Waals surface area contributed by atoms with Gasteiger partial charge in [-0.3, -0.25) is 9.59 Å². The Kier molecular flexibility index (Phi) is 4.90. The van der Waals surface area contributed by atoms with Crippen LogP contribution in [0.3, 0.4) is 0 Å². The molecule has 1 saturated heterocycles. The zero-order valence-corrected chi connectivity index (χ0v) is 11.4. The lowest BCUT2D eigenvalue weighted by Crippen LogP contribution is -2.45. The number of nitrogens with one attached hydrogen (secondary N) is 2. The van der Waals surface area contributed by atoms with Gasteiger partial charge in [0.15, 0.2) is 0 Å². The van der Waals surface area contributed by atoms with Crippen molar-refractivity contribution in [3.05, 3.63) is 0 Å². The standard InChI is InChI=1S/C13H22N4O2/c1-2-8-17(9-10-4-3-7-14-10)13(19)11-5-6-12(18)16-15-11/h10,14H,2-9H2,1H3,(H,16,18). The molecule has 2 amide bonds. The number of hydrazone groups is 1. The van der Waals surface area contributed by atoms with Gasteiger partial charge in [0, 0.05) is 32.0 Å². The van der Waals surface area contributed by atoms with Crippen molar-refractivity contribution in [3.63, 3.8) is 0 Å². The maximum Gasteiger partial charge on any atom is 0.270 e. The molecule has 1 atom stereocenters. The molecule has 0 aromatic carbocycles. The largest absolute Gasteiger partial charge is 0.336 e. The van der Waals surface area contributed by atoms with Gasteiger partial charge < -0.3 is 10.2 Å². The molecule has 19 heavy (non-hydrogen) atoms. The van der Waals surface area contributed by atoms with Crippen molar-refractivity contribution in [1.82, 2.24) is 15.6 Å². The first-order valence-electron chi connectivity index (χ1n) is 7.08. The monoisotopic (exact) mass is 266 g/mol. The minimum Gasteiger partial charge on any atom is -0.336 e. The molecule has 0 saturated carbocycles. The highest BCUT2D eigenvalue weighted by Crippen LogP contribution is 2.10. The summed E-state index contributed by atoms with van der Waals surface area (Å²) < 4.78 is 0. The fourth-order valence-corrected chi connectivity index (χ4v) is 2.54. The van der Waals surface area contributed by atoms with Crippen LogP contribution < -0.4 is 10.7 Å². The number of carbonyl (C=O) groups excluding carboxylic acids is 2. The van der Waals surface area contributed by atoms with Gasteiger partial charge >= 0.3 is 0 Å². The van der Waals surface area contributed by atoms with Crippen LogP contribution in [0.2, 0.25) is 0 Å². The van der Waals surface area contributed by atoms with E-state index >= 15 is 0 Å². The number of hydrogen-bond donors (Lipinski definition) is 2. The molecule has 0 aliphatic carbocycles. The quantitative estimate of drug-likeness (QED) is 0.749. The predicted octanol–water partition coefficient (Wildman–Crippen LogP) is 0.243. The molecular weight excluding hydrogens is 244 g/mol. The lowest BCUT2D eigenvalue weighted by Gasteiger charge is -2.26. The van der Waals surface area contributed by atoms with E-state index in [1.54, 1.807) is 0 Å². The zero-order valence-electron chi connectivity index (χ0n) is 11.4. The number of carbonyl (C=O) groups is 2. The predicted molar refractivity (Wildman–Crippen MR) is 72.7 cm³/mol. The van der Waals surface area contributed by atoms with Crippen LogP contribution >= 0.6 is 0 Å². The highest BCUT2D eigenvalue weighted by molar-refractivity contribution is 6.39. The molecule has 106 valence electrons. The first kappa shape index (κ1) is 14.0. The third-order valence-electron chi connectivity index (χ3n) is 3.54. The Morgan fingerprint density at radius 2 is 2.32 bits per heavy atom. The smallest absolute Gasteiger partial charge is 0.270 e. The first-order valence-corrected chi connectivity index (χ1v) is 7.08. The van der Waals surface area contributed by atoms with Crippen LogP contribution in [-0.2, 0) is 9.59 Å². The molecule has 1 fully saturated rings. The molecule has 1 unspecified atom stereocenters. The Morgan fingerprint density at radius 1 is 1.47 bits per heavy atom. The Labute approximate surface area is 113 Å². The summed E-state index contributed by atoms with van der Waals surface area (Å²) in [5.74, 6) is -0.147. The molecule has 0 radical (unpaired) electrons. The molecule has 2 aliphatic heterocycles. The molecule has 2 aliphatic rings. The average molecular weight is 266 g/mol. The normalized spacial score (nSPS) is 22.9. The van der Waals surface area contributed by atoms with Crippen molar-refractivity contribution in [1.29, 1.82) is 0 Å². The SMILES string of the molecule is CCCN(CC1CCCN1)C(=O)C1=NNC(=O)CC1. The molecular formula is C13H22N4O2. The van der Waals surface area contributed by atoms with Crippen molar-refractivity contribution >= 4 is 17.5 Å². The molecule has 0 aromatic heterocycles. The Bertz CT molecular complexity index is 375. The van der Waals surface area contributed by atoms with Crippen molar-refractivity contribution < 1.29 is 9.59 Å². The minimum atomic E-state index is -0.115. The summed E-state index contributed by atoms with van der Waals surface area (Å²) in [5, 5.41) is 7.30. The van der Waals surface area contributed by atoms with Gasteiger partial charge in [0.2, 0.25) is 5.91 Å². The Hall–Kier alpha value is -1.43. The van der Waals surface area contributed by atoms with E-state index in [4.69, 9.17) is 0 Å². The summed E-state index contributed by atoms with van der Waals surface area (Å²) in [6.45, 7) is 4.58. The summed E-state index contributed by atoms with van der Waals surface area (Å²) in [4.78, 5) is 25.3. The van der Waals surface area contributed by atoms with E-state index in [-0.39, 0.29) is 11.8 Å². The van der Waals surface area contributed by atoms with Crippen LogP contribution in [0.1, 0.15) is 39.0 Å². The van der Waals surface area contributed by atoms with Crippen LogP contribution in [0.4, 0.5) is 0 Å². The summed E-state index contributed by atoms with van der Waals surface area (Å²) in [6, 6.07) is 0.397. The molecule has 0 spiro atoms. The van der Waals surface area contributed by atoms with Crippen molar-refractivity contribution in [2.24, 2.45) is 5.10 Å². The van der Waals surface area contributed by atoms with Gasteiger partial charge in [-0.05, 0) is 25.8 Å². The van der Waals surface area contributed by atoms with Gasteiger partial charge in [-0.25, -0.2) is 5.43 Å². The Balaban J connectivity index is 1.96. The number of amides is 2. The third kappa shape index (κ3) is 3.76. The van der Waals surface area contributed by atoms with Crippen LogP contribution in [-0.4, -0.2) is 48.1 Å². The van der Waals surface area contributed by atoms with Gasteiger partial charge in [0.25, 0.3) is 5.91 Å². The fourth-order valence-electron chi connectivity index (χ4n) is 2.54. The fraction of sp³-hybridized carbons (Fsp3) is 0.769. The first-order chi connectivity index (χ1) is 9.20. The molecule has 0 aromatic rings. The zero-order chi connectivity index (χ0) is 13.7. The molecule has 2 heterocycles. The van der Waals surface area contributed by atoms with Crippen LogP contribution in [0.25, 0.3) is 0 Å². The second-order valence-corrected chi connectivity index (χ2v) is 5.14. The van der Waals surface area contributed by atoms with Crippen molar-refractivity contribution in [2.75, 3.05) is 19.6 Å². The Morgan fingerprint density at radius 3 is 2.89 bits per heavy atom. The van der Waals surface area contributed by atoms with E-state index in [2.05, 4.69) is 22.8 Å². The molecule has 2 N–H and O–H groups in total. The van der Waals surface area contributed by atoms with E-state index in [1.807, 2.05) is 4.90 Å². The molecule has 6 nitrogen and oxygen atoms in total. The van der Waals surface area contributed by atoms with Crippen LogP contribution in [0.5, 0.6) is 0 Å². The molecule has 2 rings (SSSR count). The van der Waals surface area contributed by atoms with E-state index in [1.165, 1.54) is 6.42 Å². The number of hydrogen-bond acceptors (Lipinski definition) is 4. The lowest BCUT2D eigenvalue weighted by molar-refractivity contribution is -0.125. The van der Waals surface area contributed by atoms with Gasteiger partial charge in [0.1, 0.15) is 5.71 Å². The highest BCUT2D eigenvalue weighted by atomic mass is 16.2. The topological polar surface area (TPSA) is 73.8 Å². The van der Waals surface area contributed by atoms with E-state index in [9.17, 15) is 9.59 Å². The van der Waals surface area contributed by atoms with Gasteiger partial charge in [-0.2, -0.15) is 5.10 Å². The molecule has 0 bridgehead atoms.